The van der Waals surface area contributed by atoms with Crippen LogP contribution in [-0.2, 0) is 9.47 Å². The van der Waals surface area contributed by atoms with Crippen LogP contribution in [0.15, 0.2) is 39.5 Å². The summed E-state index contributed by atoms with van der Waals surface area (Å²) in [6.07, 6.45) is -15.8. The predicted molar refractivity (Wildman–Crippen MR) is 136 cm³/mol. The van der Waals surface area contributed by atoms with Crippen molar-refractivity contribution in [2.24, 2.45) is 0 Å². The number of fused-ring (bicyclic) bond motifs is 1. The van der Waals surface area contributed by atoms with Gasteiger partial charge in [-0.1, -0.05) is 0 Å². The van der Waals surface area contributed by atoms with Crippen LogP contribution in [0.2, 0.25) is 0 Å². The fourth-order valence-electron chi connectivity index (χ4n) is 4.58. The molecule has 3 heterocycles. The average molecular weight is 596 g/mol. The molecule has 0 amide bonds. The minimum absolute atomic E-state index is 0.0830. The number of aliphatic hydroxyl groups excluding tert-OH is 7. The standard InChI is InChI=1S/C26H28O16/c27-6-13-16(32)18(34)20(36)26(40-13)41-23-17(33)14-10(29)5-12(8-1-3-9(28)4-2-8)39-22(14)24(21(23)37)42-25-19(35)15(31)11(30)7-38-25/h1-5,11,13,15-16,18-20,25-28,30-37H,6-7H2/t11-,13-,15-,16-,18+,19+,20-,25+,26-/m1/s1. The Kier molecular flexibility index (Phi) is 8.17. The number of aliphatic hydroxyl groups is 7. The van der Waals surface area contributed by atoms with Gasteiger partial charge in [-0.2, -0.15) is 0 Å². The summed E-state index contributed by atoms with van der Waals surface area (Å²) in [4.78, 5) is 13.3. The van der Waals surface area contributed by atoms with Gasteiger partial charge in [-0.25, -0.2) is 0 Å². The summed E-state index contributed by atoms with van der Waals surface area (Å²) < 4.78 is 27.3. The molecule has 0 radical (unpaired) electrons. The van der Waals surface area contributed by atoms with Crippen molar-refractivity contribution < 1.29 is 74.4 Å². The summed E-state index contributed by atoms with van der Waals surface area (Å²) in [7, 11) is 0. The zero-order chi connectivity index (χ0) is 30.5. The van der Waals surface area contributed by atoms with Gasteiger partial charge < -0.3 is 74.4 Å². The number of rotatable bonds is 6. The molecule has 2 aliphatic rings. The fourth-order valence-corrected chi connectivity index (χ4v) is 4.58. The minimum Gasteiger partial charge on any atom is -0.508 e. The third-order valence-electron chi connectivity index (χ3n) is 6.96. The van der Waals surface area contributed by atoms with Gasteiger partial charge in [-0.3, -0.25) is 4.79 Å². The van der Waals surface area contributed by atoms with Crippen LogP contribution in [0.25, 0.3) is 22.3 Å². The van der Waals surface area contributed by atoms with Crippen LogP contribution < -0.4 is 14.9 Å². The van der Waals surface area contributed by atoms with Gasteiger partial charge >= 0.3 is 0 Å². The summed E-state index contributed by atoms with van der Waals surface area (Å²) in [5.41, 5.74) is -1.20. The molecule has 16 heteroatoms. The molecule has 1 aromatic heterocycles. The van der Waals surface area contributed by atoms with Gasteiger partial charge in [0.2, 0.25) is 29.8 Å². The monoisotopic (exact) mass is 596 g/mol. The van der Waals surface area contributed by atoms with Gasteiger partial charge in [0.15, 0.2) is 16.8 Å². The first-order chi connectivity index (χ1) is 19.9. The number of benzene rings is 2. The normalized spacial score (nSPS) is 31.6. The van der Waals surface area contributed by atoms with Crippen molar-refractivity contribution in [1.29, 1.82) is 0 Å². The first-order valence-corrected chi connectivity index (χ1v) is 12.6. The highest BCUT2D eigenvalue weighted by Crippen LogP contribution is 2.51. The summed E-state index contributed by atoms with van der Waals surface area (Å²) >= 11 is 0. The van der Waals surface area contributed by atoms with Gasteiger partial charge in [-0.05, 0) is 24.3 Å². The van der Waals surface area contributed by atoms with Crippen LogP contribution in [0.5, 0.6) is 28.7 Å². The van der Waals surface area contributed by atoms with Crippen LogP contribution in [0.4, 0.5) is 0 Å². The van der Waals surface area contributed by atoms with Crippen molar-refractivity contribution in [3.8, 4) is 40.1 Å². The highest BCUT2D eigenvalue weighted by atomic mass is 16.7. The Morgan fingerprint density at radius 2 is 1.43 bits per heavy atom. The maximum atomic E-state index is 13.3. The van der Waals surface area contributed by atoms with E-state index in [4.69, 9.17) is 23.4 Å². The molecule has 0 unspecified atom stereocenters. The zero-order valence-electron chi connectivity index (χ0n) is 21.4. The van der Waals surface area contributed by atoms with Crippen molar-refractivity contribution in [1.82, 2.24) is 0 Å². The third-order valence-corrected chi connectivity index (χ3v) is 6.96. The Labute approximate surface area is 235 Å². The molecular formula is C26H28O16. The molecule has 0 aliphatic carbocycles. The zero-order valence-corrected chi connectivity index (χ0v) is 21.4. The second-order valence-electron chi connectivity index (χ2n) is 9.76. The lowest BCUT2D eigenvalue weighted by molar-refractivity contribution is -0.277. The molecule has 0 bridgehead atoms. The number of hydrogen-bond donors (Lipinski definition) is 10. The highest BCUT2D eigenvalue weighted by Gasteiger charge is 2.46. The lowest BCUT2D eigenvalue weighted by atomic mass is 9.99. The topological polar surface area (TPSA) is 269 Å². The van der Waals surface area contributed by atoms with Crippen molar-refractivity contribution in [2.75, 3.05) is 13.2 Å². The van der Waals surface area contributed by atoms with Gasteiger partial charge in [0.25, 0.3) is 0 Å². The van der Waals surface area contributed by atoms with E-state index >= 15 is 0 Å². The molecule has 0 spiro atoms. The molecule has 2 fully saturated rings. The average Bonchev–Trinajstić information content (AvgIpc) is 2.97. The Bertz CT molecular complexity index is 1490. The molecule has 16 nitrogen and oxygen atoms in total. The molecule has 2 saturated heterocycles. The van der Waals surface area contributed by atoms with Crippen molar-refractivity contribution in [3.63, 3.8) is 0 Å². The molecule has 2 aromatic carbocycles. The Hall–Kier alpha value is -3.71. The minimum atomic E-state index is -1.98. The Morgan fingerprint density at radius 1 is 0.786 bits per heavy atom. The molecule has 5 rings (SSSR count). The van der Waals surface area contributed by atoms with Gasteiger partial charge in [0.1, 0.15) is 59.6 Å². The number of hydrogen-bond acceptors (Lipinski definition) is 16. The number of phenols is 3. The summed E-state index contributed by atoms with van der Waals surface area (Å²) in [5.74, 6) is -4.00. The SMILES string of the molecule is O=c1cc(-c2ccc(O)cc2)oc2c(O[C@@H]3OC[C@@H](O)[C@@H](O)[C@@H]3O)c(O)c(O[C@H]3O[C@H](CO)[C@@H](O)[C@H](O)[C@H]3O)c(O)c12. The van der Waals surface area contributed by atoms with Gasteiger partial charge in [0.05, 0.1) is 13.2 Å². The first kappa shape index (κ1) is 29.8. The molecule has 228 valence electrons. The van der Waals surface area contributed by atoms with Crippen molar-refractivity contribution in [2.45, 2.75) is 55.3 Å². The summed E-state index contributed by atoms with van der Waals surface area (Å²) in [6, 6.07) is 6.40. The van der Waals surface area contributed by atoms with Crippen LogP contribution in [0, 0.1) is 0 Å². The smallest absolute Gasteiger partial charge is 0.229 e. The van der Waals surface area contributed by atoms with E-state index in [9.17, 15) is 55.9 Å². The largest absolute Gasteiger partial charge is 0.508 e. The van der Waals surface area contributed by atoms with E-state index in [1.807, 2.05) is 0 Å². The summed E-state index contributed by atoms with van der Waals surface area (Å²) in [5, 5.41) is 102. The molecule has 10 N–H and O–H groups in total. The van der Waals surface area contributed by atoms with Crippen molar-refractivity contribution in [3.05, 3.63) is 40.6 Å². The first-order valence-electron chi connectivity index (χ1n) is 12.6. The maximum absolute atomic E-state index is 13.3. The van der Waals surface area contributed by atoms with Crippen LogP contribution >= 0.6 is 0 Å². The van der Waals surface area contributed by atoms with E-state index in [0.717, 1.165) is 6.07 Å². The lowest BCUT2D eigenvalue weighted by Crippen LogP contribution is -2.60. The fraction of sp³-hybridized carbons (Fsp3) is 0.423. The quantitative estimate of drug-likeness (QED) is 0.142. The van der Waals surface area contributed by atoms with E-state index in [1.54, 1.807) is 0 Å². The van der Waals surface area contributed by atoms with E-state index in [1.165, 1.54) is 24.3 Å². The van der Waals surface area contributed by atoms with Crippen LogP contribution in [0.1, 0.15) is 0 Å². The van der Waals surface area contributed by atoms with Gasteiger partial charge in [-0.15, -0.1) is 0 Å². The van der Waals surface area contributed by atoms with E-state index in [-0.39, 0.29) is 17.1 Å². The molecule has 9 atom stereocenters. The predicted octanol–water partition coefficient (Wildman–Crippen LogP) is -2.43. The second kappa shape index (κ2) is 11.5. The van der Waals surface area contributed by atoms with E-state index in [0.29, 0.717) is 0 Å². The molecule has 3 aromatic rings. The van der Waals surface area contributed by atoms with Crippen LogP contribution in [-0.4, -0.2) is 120 Å². The highest BCUT2D eigenvalue weighted by molar-refractivity contribution is 5.95. The maximum Gasteiger partial charge on any atom is 0.229 e. The number of aromatic hydroxyl groups is 3. The van der Waals surface area contributed by atoms with Gasteiger partial charge in [0, 0.05) is 11.6 Å². The van der Waals surface area contributed by atoms with E-state index in [2.05, 4.69) is 0 Å². The number of phenolic OH excluding ortho intramolecular Hbond substituents is 3. The van der Waals surface area contributed by atoms with Crippen molar-refractivity contribution >= 4 is 11.0 Å². The molecule has 0 saturated carbocycles. The molecule has 42 heavy (non-hydrogen) atoms. The molecular weight excluding hydrogens is 568 g/mol. The van der Waals surface area contributed by atoms with E-state index < -0.39 is 108 Å². The lowest BCUT2D eigenvalue weighted by Gasteiger charge is -2.39. The molecule has 2 aliphatic heterocycles. The Balaban J connectivity index is 1.66. The second-order valence-corrected chi connectivity index (χ2v) is 9.76. The third kappa shape index (κ3) is 5.19. The Morgan fingerprint density at radius 3 is 2.10 bits per heavy atom. The number of ether oxygens (including phenoxy) is 4. The van der Waals surface area contributed by atoms with Crippen LogP contribution in [0.3, 0.4) is 0 Å². The summed E-state index contributed by atoms with van der Waals surface area (Å²) in [6.45, 7) is -1.32.